The molecule has 3 aliphatic rings. The van der Waals surface area contributed by atoms with Crippen LogP contribution in [0.25, 0.3) is 0 Å². The molecule has 4 atom stereocenters. The first-order valence-corrected chi connectivity index (χ1v) is 8.94. The highest BCUT2D eigenvalue weighted by Crippen LogP contribution is 2.52. The van der Waals surface area contributed by atoms with Gasteiger partial charge in [0.15, 0.2) is 0 Å². The second-order valence-corrected chi connectivity index (χ2v) is 7.39. The van der Waals surface area contributed by atoms with Crippen molar-refractivity contribution in [2.24, 2.45) is 23.7 Å². The van der Waals surface area contributed by atoms with Crippen molar-refractivity contribution in [2.75, 3.05) is 19.6 Å². The molecule has 2 bridgehead atoms. The van der Waals surface area contributed by atoms with Gasteiger partial charge in [0.1, 0.15) is 6.54 Å². The Labute approximate surface area is 147 Å². The first kappa shape index (κ1) is 17.6. The second kappa shape index (κ2) is 6.61. The maximum atomic E-state index is 12.6. The maximum Gasteiger partial charge on any atom is 0.243 e. The Morgan fingerprint density at radius 2 is 1.76 bits per heavy atom. The van der Waals surface area contributed by atoms with Crippen LogP contribution in [0.5, 0.6) is 0 Å². The number of nitrogens with one attached hydrogen (secondary N) is 1. The lowest BCUT2D eigenvalue weighted by molar-refractivity contribution is -0.147. The number of likely N-dealkylation sites (tertiary alicyclic amines) is 1. The van der Waals surface area contributed by atoms with Crippen molar-refractivity contribution in [2.45, 2.75) is 33.2 Å². The quantitative estimate of drug-likeness (QED) is 0.548. The largest absolute Gasteiger partial charge is 0.352 e. The number of amides is 4. The molecule has 1 heterocycles. The zero-order valence-electron chi connectivity index (χ0n) is 14.9. The number of fused-ring (bicyclic) bond motifs is 5. The van der Waals surface area contributed by atoms with Crippen LogP contribution in [0.1, 0.15) is 27.2 Å². The molecule has 136 valence electrons. The van der Waals surface area contributed by atoms with Gasteiger partial charge in [-0.05, 0) is 39.0 Å². The van der Waals surface area contributed by atoms with Gasteiger partial charge < -0.3 is 10.2 Å². The lowest BCUT2D eigenvalue weighted by Crippen LogP contribution is -2.47. The standard InChI is InChI=1S/C18H25N3O4/c1-4-20(8-13(22)19-10(2)3)14(23)9-21-17(24)15-11-5-6-12(7-11)16(15)18(21)25/h5-6,10-12,15-16H,4,7-9H2,1-3H3,(H,19,22)/t11-,12+,15-,16-/m0/s1. The Bertz CT molecular complexity index is 612. The van der Waals surface area contributed by atoms with Gasteiger partial charge >= 0.3 is 0 Å². The normalized spacial score (nSPS) is 29.5. The van der Waals surface area contributed by atoms with E-state index < -0.39 is 0 Å². The number of allylic oxidation sites excluding steroid dienone is 2. The van der Waals surface area contributed by atoms with Crippen molar-refractivity contribution in [3.8, 4) is 0 Å². The van der Waals surface area contributed by atoms with Gasteiger partial charge in [-0.15, -0.1) is 0 Å². The van der Waals surface area contributed by atoms with Crippen molar-refractivity contribution < 1.29 is 19.2 Å². The highest BCUT2D eigenvalue weighted by molar-refractivity contribution is 6.08. The number of carbonyl (C=O) groups is 4. The van der Waals surface area contributed by atoms with Crippen LogP contribution in [0.4, 0.5) is 0 Å². The fraction of sp³-hybridized carbons (Fsp3) is 0.667. The maximum absolute atomic E-state index is 12.6. The number of hydrogen-bond donors (Lipinski definition) is 1. The van der Waals surface area contributed by atoms with E-state index in [9.17, 15) is 19.2 Å². The first-order chi connectivity index (χ1) is 11.8. The summed E-state index contributed by atoms with van der Waals surface area (Å²) in [7, 11) is 0. The predicted octanol–water partition coefficient (Wildman–Crippen LogP) is 0.167. The van der Waals surface area contributed by atoms with E-state index >= 15 is 0 Å². The monoisotopic (exact) mass is 347 g/mol. The minimum Gasteiger partial charge on any atom is -0.352 e. The summed E-state index contributed by atoms with van der Waals surface area (Å²) in [6.45, 7) is 5.47. The first-order valence-electron chi connectivity index (χ1n) is 8.94. The van der Waals surface area contributed by atoms with E-state index in [1.54, 1.807) is 6.92 Å². The van der Waals surface area contributed by atoms with Crippen LogP contribution in [0.15, 0.2) is 12.2 Å². The Morgan fingerprint density at radius 1 is 1.20 bits per heavy atom. The van der Waals surface area contributed by atoms with Gasteiger partial charge in [0.25, 0.3) is 0 Å². The molecule has 4 amide bonds. The summed E-state index contributed by atoms with van der Waals surface area (Å²) < 4.78 is 0. The van der Waals surface area contributed by atoms with Gasteiger partial charge in [-0.2, -0.15) is 0 Å². The summed E-state index contributed by atoms with van der Waals surface area (Å²) in [5.41, 5.74) is 0. The number of likely N-dealkylation sites (N-methyl/N-ethyl adjacent to an activating group) is 1. The molecule has 0 unspecified atom stereocenters. The van der Waals surface area contributed by atoms with Crippen LogP contribution in [0, 0.1) is 23.7 Å². The molecule has 7 heteroatoms. The Balaban J connectivity index is 1.63. The summed E-state index contributed by atoms with van der Waals surface area (Å²) in [6.07, 6.45) is 4.92. The van der Waals surface area contributed by atoms with Crippen molar-refractivity contribution in [3.05, 3.63) is 12.2 Å². The summed E-state index contributed by atoms with van der Waals surface area (Å²) in [4.78, 5) is 52.1. The van der Waals surface area contributed by atoms with Crippen molar-refractivity contribution in [1.82, 2.24) is 15.1 Å². The third-order valence-corrected chi connectivity index (χ3v) is 5.37. The smallest absolute Gasteiger partial charge is 0.243 e. The number of carbonyl (C=O) groups excluding carboxylic acids is 4. The van der Waals surface area contributed by atoms with E-state index in [4.69, 9.17) is 0 Å². The molecule has 0 aromatic carbocycles. The molecular formula is C18H25N3O4. The molecule has 1 saturated carbocycles. The van der Waals surface area contributed by atoms with Crippen molar-refractivity contribution in [3.63, 3.8) is 0 Å². The van der Waals surface area contributed by atoms with Crippen LogP contribution in [0.3, 0.4) is 0 Å². The average molecular weight is 347 g/mol. The molecule has 1 N–H and O–H groups in total. The fourth-order valence-electron chi connectivity index (χ4n) is 4.27. The summed E-state index contributed by atoms with van der Waals surface area (Å²) in [5, 5.41) is 2.74. The number of hydrogen-bond acceptors (Lipinski definition) is 4. The van der Waals surface area contributed by atoms with Gasteiger partial charge in [0, 0.05) is 12.6 Å². The lowest BCUT2D eigenvalue weighted by atomic mass is 9.85. The highest BCUT2D eigenvalue weighted by atomic mass is 16.2. The summed E-state index contributed by atoms with van der Waals surface area (Å²) >= 11 is 0. The van der Waals surface area contributed by atoms with Crippen LogP contribution < -0.4 is 5.32 Å². The minimum atomic E-state index is -0.372. The van der Waals surface area contributed by atoms with Gasteiger partial charge in [0.2, 0.25) is 23.6 Å². The van der Waals surface area contributed by atoms with E-state index in [1.807, 2.05) is 26.0 Å². The Morgan fingerprint density at radius 3 is 2.24 bits per heavy atom. The molecule has 2 fully saturated rings. The molecule has 0 aromatic heterocycles. The molecule has 1 saturated heterocycles. The molecule has 2 aliphatic carbocycles. The Hall–Kier alpha value is -2.18. The van der Waals surface area contributed by atoms with Crippen molar-refractivity contribution in [1.29, 1.82) is 0 Å². The third kappa shape index (κ3) is 3.07. The van der Waals surface area contributed by atoms with Crippen molar-refractivity contribution >= 4 is 23.6 Å². The highest BCUT2D eigenvalue weighted by Gasteiger charge is 2.59. The number of rotatable bonds is 6. The molecule has 1 aliphatic heterocycles. The third-order valence-electron chi connectivity index (χ3n) is 5.37. The minimum absolute atomic E-state index is 0.00889. The molecule has 7 nitrogen and oxygen atoms in total. The van der Waals surface area contributed by atoms with Crippen LogP contribution in [0.2, 0.25) is 0 Å². The van der Waals surface area contributed by atoms with E-state index in [1.165, 1.54) is 4.90 Å². The summed E-state index contributed by atoms with van der Waals surface area (Å²) in [5.74, 6) is -1.42. The van der Waals surface area contributed by atoms with E-state index in [-0.39, 0.29) is 66.4 Å². The SMILES string of the molecule is CCN(CC(=O)NC(C)C)C(=O)CN1C(=O)[C@@H]2[C@@H](C1=O)[C@H]1C=C[C@@H]2C1. The molecule has 0 aromatic rings. The van der Waals surface area contributed by atoms with Crippen LogP contribution >= 0.6 is 0 Å². The molecular weight excluding hydrogens is 322 g/mol. The Kier molecular flexibility index (Phi) is 4.67. The van der Waals surface area contributed by atoms with Gasteiger partial charge in [-0.3, -0.25) is 24.1 Å². The van der Waals surface area contributed by atoms with Gasteiger partial charge in [-0.25, -0.2) is 0 Å². The molecule has 0 spiro atoms. The second-order valence-electron chi connectivity index (χ2n) is 7.39. The number of imide groups is 1. The number of nitrogens with zero attached hydrogens (tertiary/aromatic N) is 2. The summed E-state index contributed by atoms with van der Waals surface area (Å²) in [6, 6.07) is -0.00889. The van der Waals surface area contributed by atoms with E-state index in [0.29, 0.717) is 6.54 Å². The molecule has 0 radical (unpaired) electrons. The fourth-order valence-corrected chi connectivity index (χ4v) is 4.27. The van der Waals surface area contributed by atoms with Gasteiger partial charge in [0.05, 0.1) is 18.4 Å². The van der Waals surface area contributed by atoms with Crippen LogP contribution in [-0.4, -0.2) is 59.1 Å². The predicted molar refractivity (Wildman–Crippen MR) is 90.0 cm³/mol. The molecule has 25 heavy (non-hydrogen) atoms. The average Bonchev–Trinajstić information content (AvgIpc) is 3.21. The molecule has 3 rings (SSSR count). The van der Waals surface area contributed by atoms with E-state index in [0.717, 1.165) is 11.3 Å². The van der Waals surface area contributed by atoms with Crippen LogP contribution in [-0.2, 0) is 19.2 Å². The zero-order chi connectivity index (χ0) is 18.3. The topological polar surface area (TPSA) is 86.8 Å². The zero-order valence-corrected chi connectivity index (χ0v) is 14.9. The van der Waals surface area contributed by atoms with Gasteiger partial charge in [-0.1, -0.05) is 12.2 Å². The van der Waals surface area contributed by atoms with E-state index in [2.05, 4.69) is 5.32 Å². The lowest BCUT2D eigenvalue weighted by Gasteiger charge is -2.24.